The second-order valence-corrected chi connectivity index (χ2v) is 6.36. The van der Waals surface area contributed by atoms with Gasteiger partial charge in [0.05, 0.1) is 13.2 Å². The maximum atomic E-state index is 13.6. The van der Waals surface area contributed by atoms with Gasteiger partial charge >= 0.3 is 6.09 Å². The first-order chi connectivity index (χ1) is 13.1. The highest BCUT2D eigenvalue weighted by atomic mass is 19.1. The predicted octanol–water partition coefficient (Wildman–Crippen LogP) is 5.02. The number of hydrogen-bond acceptors (Lipinski definition) is 3. The van der Waals surface area contributed by atoms with Crippen LogP contribution in [0.4, 0.5) is 9.18 Å². The third kappa shape index (κ3) is 3.49. The van der Waals surface area contributed by atoms with Crippen LogP contribution in [0.2, 0.25) is 0 Å². The molecule has 3 aromatic carbocycles. The van der Waals surface area contributed by atoms with E-state index >= 15 is 0 Å². The van der Waals surface area contributed by atoms with Crippen LogP contribution in [-0.4, -0.2) is 13.2 Å². The fourth-order valence-corrected chi connectivity index (χ4v) is 3.34. The number of rotatable bonds is 4. The Labute approximate surface area is 156 Å². The quantitative estimate of drug-likeness (QED) is 0.708. The van der Waals surface area contributed by atoms with E-state index in [1.54, 1.807) is 13.2 Å². The van der Waals surface area contributed by atoms with Gasteiger partial charge in [-0.3, -0.25) is 0 Å². The molecule has 4 nitrogen and oxygen atoms in total. The van der Waals surface area contributed by atoms with Gasteiger partial charge in [0, 0.05) is 0 Å². The summed E-state index contributed by atoms with van der Waals surface area (Å²) in [5.74, 6) is 0.410. The molecule has 1 N–H and O–H groups in total. The molecule has 5 heteroatoms. The lowest BCUT2D eigenvalue weighted by Gasteiger charge is -2.19. The van der Waals surface area contributed by atoms with Crippen LogP contribution in [-0.2, 0) is 4.74 Å². The van der Waals surface area contributed by atoms with E-state index in [0.29, 0.717) is 5.75 Å². The molecule has 1 aliphatic heterocycles. The average Bonchev–Trinajstić information content (AvgIpc) is 3.10. The topological polar surface area (TPSA) is 47.6 Å². The summed E-state index contributed by atoms with van der Waals surface area (Å²) < 4.78 is 24.4. The molecule has 0 bridgehead atoms. The van der Waals surface area contributed by atoms with E-state index in [4.69, 9.17) is 9.47 Å². The zero-order chi connectivity index (χ0) is 18.8. The zero-order valence-corrected chi connectivity index (χ0v) is 14.7. The van der Waals surface area contributed by atoms with Gasteiger partial charge in [0.25, 0.3) is 0 Å². The van der Waals surface area contributed by atoms with E-state index in [-0.39, 0.29) is 11.9 Å². The van der Waals surface area contributed by atoms with Crippen molar-refractivity contribution in [1.29, 1.82) is 0 Å². The van der Waals surface area contributed by atoms with Gasteiger partial charge in [-0.2, -0.15) is 0 Å². The van der Waals surface area contributed by atoms with Crippen molar-refractivity contribution in [3.8, 4) is 16.9 Å². The number of carbonyl (C=O) groups is 1. The zero-order valence-electron chi connectivity index (χ0n) is 14.7. The van der Waals surface area contributed by atoms with E-state index in [9.17, 15) is 9.18 Å². The van der Waals surface area contributed by atoms with Gasteiger partial charge in [0.2, 0.25) is 0 Å². The van der Waals surface area contributed by atoms with Gasteiger partial charge in [0.15, 0.2) is 6.10 Å². The number of benzene rings is 3. The van der Waals surface area contributed by atoms with Crippen LogP contribution in [0, 0.1) is 5.82 Å². The summed E-state index contributed by atoms with van der Waals surface area (Å²) in [4.78, 5) is 12.0. The molecule has 1 fully saturated rings. The Kier molecular flexibility index (Phi) is 4.50. The van der Waals surface area contributed by atoms with Crippen molar-refractivity contribution in [2.24, 2.45) is 0 Å². The summed E-state index contributed by atoms with van der Waals surface area (Å²) in [6.07, 6.45) is -0.945. The van der Waals surface area contributed by atoms with Crippen molar-refractivity contribution >= 4 is 6.09 Å². The van der Waals surface area contributed by atoms with E-state index in [1.165, 1.54) is 12.1 Å². The average molecular weight is 363 g/mol. The normalized spacial score (nSPS) is 18.7. The Morgan fingerprint density at radius 1 is 0.926 bits per heavy atom. The molecule has 27 heavy (non-hydrogen) atoms. The smallest absolute Gasteiger partial charge is 0.408 e. The van der Waals surface area contributed by atoms with Gasteiger partial charge in [-0.15, -0.1) is 0 Å². The van der Waals surface area contributed by atoms with Crippen LogP contribution < -0.4 is 10.1 Å². The summed E-state index contributed by atoms with van der Waals surface area (Å²) in [7, 11) is 1.60. The standard InChI is InChI=1S/C22H18FNO3/c1-26-19-10-4-8-17(13-19)21-20(24-22(25)27-21)16-7-2-5-14(11-16)15-6-3-9-18(23)12-15/h2-13,20-21H,1H3,(H,24,25)/t20-,21-/m1/s1. The van der Waals surface area contributed by atoms with Crippen LogP contribution in [0.5, 0.6) is 5.75 Å². The maximum absolute atomic E-state index is 13.6. The Morgan fingerprint density at radius 2 is 1.63 bits per heavy atom. The number of alkyl carbamates (subject to hydrolysis) is 1. The monoisotopic (exact) mass is 363 g/mol. The van der Waals surface area contributed by atoms with Crippen LogP contribution in [0.1, 0.15) is 23.3 Å². The van der Waals surface area contributed by atoms with Gasteiger partial charge < -0.3 is 14.8 Å². The SMILES string of the molecule is COc1cccc([C@H]2OC(=O)N[C@@H]2c2cccc(-c3cccc(F)c3)c2)c1. The van der Waals surface area contributed by atoms with Crippen LogP contribution in [0.25, 0.3) is 11.1 Å². The first-order valence-corrected chi connectivity index (χ1v) is 8.61. The molecule has 0 radical (unpaired) electrons. The lowest BCUT2D eigenvalue weighted by molar-refractivity contribution is 0.132. The van der Waals surface area contributed by atoms with Crippen LogP contribution in [0.15, 0.2) is 72.8 Å². The fraction of sp³-hybridized carbons (Fsp3) is 0.136. The molecule has 136 valence electrons. The summed E-state index contributed by atoms with van der Waals surface area (Å²) in [5, 5.41) is 2.87. The van der Waals surface area contributed by atoms with Gasteiger partial charge in [-0.25, -0.2) is 9.18 Å². The van der Waals surface area contributed by atoms with E-state index in [0.717, 1.165) is 22.3 Å². The van der Waals surface area contributed by atoms with Crippen LogP contribution in [0.3, 0.4) is 0 Å². The molecular weight excluding hydrogens is 345 g/mol. The van der Waals surface area contributed by atoms with E-state index in [1.807, 2.05) is 54.6 Å². The molecule has 1 saturated heterocycles. The first-order valence-electron chi connectivity index (χ1n) is 8.61. The molecule has 4 rings (SSSR count). The Bertz CT molecular complexity index is 989. The largest absolute Gasteiger partial charge is 0.497 e. The lowest BCUT2D eigenvalue weighted by atomic mass is 9.93. The lowest BCUT2D eigenvalue weighted by Crippen LogP contribution is -2.19. The maximum Gasteiger partial charge on any atom is 0.408 e. The van der Waals surface area contributed by atoms with Crippen molar-refractivity contribution in [3.05, 3.63) is 89.7 Å². The molecule has 1 heterocycles. The molecule has 0 saturated carbocycles. The molecule has 3 aromatic rings. The summed E-state index contributed by atoms with van der Waals surface area (Å²) >= 11 is 0. The van der Waals surface area contributed by atoms with Crippen molar-refractivity contribution in [2.75, 3.05) is 7.11 Å². The minimum Gasteiger partial charge on any atom is -0.497 e. The Morgan fingerprint density at radius 3 is 2.41 bits per heavy atom. The Hall–Kier alpha value is -3.34. The fourth-order valence-electron chi connectivity index (χ4n) is 3.34. The first kappa shape index (κ1) is 17.1. The van der Waals surface area contributed by atoms with Crippen molar-refractivity contribution in [1.82, 2.24) is 5.32 Å². The van der Waals surface area contributed by atoms with Gasteiger partial charge in [0.1, 0.15) is 11.6 Å². The number of ether oxygens (including phenoxy) is 2. The molecular formula is C22H18FNO3. The van der Waals surface area contributed by atoms with Crippen molar-refractivity contribution < 1.29 is 18.7 Å². The van der Waals surface area contributed by atoms with Crippen LogP contribution >= 0.6 is 0 Å². The van der Waals surface area contributed by atoms with Gasteiger partial charge in [-0.05, 0) is 52.6 Å². The molecule has 0 unspecified atom stereocenters. The molecule has 1 amide bonds. The number of halogens is 1. The third-order valence-electron chi connectivity index (χ3n) is 4.64. The molecule has 0 aromatic heterocycles. The summed E-state index contributed by atoms with van der Waals surface area (Å²) in [6.45, 7) is 0. The molecule has 1 aliphatic rings. The number of amides is 1. The van der Waals surface area contributed by atoms with E-state index < -0.39 is 12.2 Å². The highest BCUT2D eigenvalue weighted by molar-refractivity contribution is 5.72. The van der Waals surface area contributed by atoms with Gasteiger partial charge in [-0.1, -0.05) is 42.5 Å². The minimum absolute atomic E-state index is 0.287. The highest BCUT2D eigenvalue weighted by Gasteiger charge is 2.36. The Balaban J connectivity index is 1.70. The summed E-state index contributed by atoms with van der Waals surface area (Å²) in [5.41, 5.74) is 3.38. The predicted molar refractivity (Wildman–Crippen MR) is 99.9 cm³/mol. The number of methoxy groups -OCH3 is 1. The molecule has 0 spiro atoms. The van der Waals surface area contributed by atoms with Crippen molar-refractivity contribution in [2.45, 2.75) is 12.1 Å². The second-order valence-electron chi connectivity index (χ2n) is 6.36. The highest BCUT2D eigenvalue weighted by Crippen LogP contribution is 2.38. The molecule has 0 aliphatic carbocycles. The number of nitrogens with one attached hydrogen (secondary N) is 1. The second kappa shape index (κ2) is 7.11. The number of carbonyl (C=O) groups excluding carboxylic acids is 1. The van der Waals surface area contributed by atoms with E-state index in [2.05, 4.69) is 5.32 Å². The van der Waals surface area contributed by atoms with Crippen molar-refractivity contribution in [3.63, 3.8) is 0 Å². The third-order valence-corrected chi connectivity index (χ3v) is 4.64. The summed E-state index contributed by atoms with van der Waals surface area (Å²) in [6, 6.07) is 21.2. The number of cyclic esters (lactones) is 1. The molecule has 2 atom stereocenters. The minimum atomic E-state index is -0.477. The number of hydrogen-bond donors (Lipinski definition) is 1.